The first kappa shape index (κ1) is 15.9. The van der Waals surface area contributed by atoms with Crippen LogP contribution in [0.1, 0.15) is 22.8 Å². The van der Waals surface area contributed by atoms with E-state index in [0.717, 1.165) is 38.4 Å². The molecule has 0 aliphatic carbocycles. The predicted molar refractivity (Wildman–Crippen MR) is 81.2 cm³/mol. The Bertz CT molecular complexity index is 470. The second kappa shape index (κ2) is 7.54. The highest BCUT2D eigenvalue weighted by Crippen LogP contribution is 2.11. The molecule has 5 nitrogen and oxygen atoms in total. The molecule has 5 heteroatoms. The minimum absolute atomic E-state index is 0.0558. The molecular formula is C16H24N2O3. The number of hydrogen-bond acceptors (Lipinski definition) is 4. The van der Waals surface area contributed by atoms with Gasteiger partial charge in [0.25, 0.3) is 5.91 Å². The maximum absolute atomic E-state index is 12.3. The minimum atomic E-state index is -0.518. The number of aliphatic hydroxyl groups is 1. The molecule has 1 heterocycles. The van der Waals surface area contributed by atoms with Crippen molar-refractivity contribution in [3.8, 4) is 0 Å². The second-order valence-corrected chi connectivity index (χ2v) is 5.62. The fourth-order valence-electron chi connectivity index (χ4n) is 2.52. The molecule has 0 saturated carbocycles. The summed E-state index contributed by atoms with van der Waals surface area (Å²) in [6.45, 7) is 6.27. The van der Waals surface area contributed by atoms with Gasteiger partial charge in [-0.3, -0.25) is 9.69 Å². The van der Waals surface area contributed by atoms with E-state index in [4.69, 9.17) is 4.74 Å². The summed E-state index contributed by atoms with van der Waals surface area (Å²) in [6, 6.07) is 7.72. The van der Waals surface area contributed by atoms with Crippen LogP contribution in [-0.2, 0) is 11.3 Å². The molecule has 1 aromatic rings. The fraction of sp³-hybridized carbons (Fsp3) is 0.562. The Balaban J connectivity index is 2.01. The SMILES string of the molecule is CC(O)CN(C)C(=O)c1cccc(CN2CCOCC2)c1. The Hall–Kier alpha value is -1.43. The molecule has 0 bridgehead atoms. The van der Waals surface area contributed by atoms with Crippen LogP contribution in [0.3, 0.4) is 0 Å². The predicted octanol–water partition coefficient (Wildman–Crippen LogP) is 0.972. The van der Waals surface area contributed by atoms with Gasteiger partial charge in [-0.05, 0) is 24.6 Å². The molecule has 1 aromatic carbocycles. The van der Waals surface area contributed by atoms with Gasteiger partial charge >= 0.3 is 0 Å². The van der Waals surface area contributed by atoms with Gasteiger partial charge in [0.2, 0.25) is 0 Å². The van der Waals surface area contributed by atoms with Gasteiger partial charge in [-0.1, -0.05) is 12.1 Å². The highest BCUT2D eigenvalue weighted by molar-refractivity contribution is 5.94. The summed E-state index contributed by atoms with van der Waals surface area (Å²) >= 11 is 0. The average molecular weight is 292 g/mol. The van der Waals surface area contributed by atoms with E-state index >= 15 is 0 Å². The van der Waals surface area contributed by atoms with Gasteiger partial charge in [0.1, 0.15) is 0 Å². The van der Waals surface area contributed by atoms with Crippen molar-refractivity contribution in [2.24, 2.45) is 0 Å². The normalized spacial score (nSPS) is 17.5. The Labute approximate surface area is 126 Å². The molecule has 0 radical (unpaired) electrons. The number of likely N-dealkylation sites (N-methyl/N-ethyl adjacent to an activating group) is 1. The van der Waals surface area contributed by atoms with Gasteiger partial charge in [0, 0.05) is 38.8 Å². The van der Waals surface area contributed by atoms with E-state index in [1.165, 1.54) is 0 Å². The largest absolute Gasteiger partial charge is 0.392 e. The van der Waals surface area contributed by atoms with E-state index in [0.29, 0.717) is 12.1 Å². The zero-order valence-corrected chi connectivity index (χ0v) is 12.8. The van der Waals surface area contributed by atoms with Crippen LogP contribution < -0.4 is 0 Å². The number of hydrogen-bond donors (Lipinski definition) is 1. The molecule has 116 valence electrons. The summed E-state index contributed by atoms with van der Waals surface area (Å²) in [5, 5.41) is 9.38. The monoisotopic (exact) mass is 292 g/mol. The minimum Gasteiger partial charge on any atom is -0.392 e. The van der Waals surface area contributed by atoms with Gasteiger partial charge < -0.3 is 14.7 Å². The summed E-state index contributed by atoms with van der Waals surface area (Å²) in [7, 11) is 1.71. The number of morpholine rings is 1. The number of carbonyl (C=O) groups is 1. The highest BCUT2D eigenvalue weighted by Gasteiger charge is 2.15. The Morgan fingerprint density at radius 3 is 2.81 bits per heavy atom. The number of carbonyl (C=O) groups excluding carboxylic acids is 1. The molecule has 2 rings (SSSR count). The van der Waals surface area contributed by atoms with E-state index in [1.807, 2.05) is 24.3 Å². The lowest BCUT2D eigenvalue weighted by molar-refractivity contribution is 0.0341. The summed E-state index contributed by atoms with van der Waals surface area (Å²) in [5.74, 6) is -0.0558. The van der Waals surface area contributed by atoms with Crippen molar-refractivity contribution in [2.45, 2.75) is 19.6 Å². The summed E-state index contributed by atoms with van der Waals surface area (Å²) in [6.07, 6.45) is -0.518. The number of aliphatic hydroxyl groups excluding tert-OH is 1. The Morgan fingerprint density at radius 2 is 2.14 bits per heavy atom. The second-order valence-electron chi connectivity index (χ2n) is 5.62. The van der Waals surface area contributed by atoms with Crippen molar-refractivity contribution in [2.75, 3.05) is 39.9 Å². The third-order valence-electron chi connectivity index (χ3n) is 3.57. The summed E-state index contributed by atoms with van der Waals surface area (Å²) < 4.78 is 5.34. The van der Waals surface area contributed by atoms with Crippen LogP contribution in [0.25, 0.3) is 0 Å². The van der Waals surface area contributed by atoms with Gasteiger partial charge in [0.15, 0.2) is 0 Å². The molecule has 1 saturated heterocycles. The number of benzene rings is 1. The van der Waals surface area contributed by atoms with Gasteiger partial charge in [0.05, 0.1) is 19.3 Å². The molecule has 0 aromatic heterocycles. The van der Waals surface area contributed by atoms with E-state index in [2.05, 4.69) is 4.90 Å². The van der Waals surface area contributed by atoms with E-state index < -0.39 is 6.10 Å². The van der Waals surface area contributed by atoms with Crippen molar-refractivity contribution in [1.82, 2.24) is 9.80 Å². The van der Waals surface area contributed by atoms with Gasteiger partial charge in [-0.25, -0.2) is 0 Å². The topological polar surface area (TPSA) is 53.0 Å². The Morgan fingerprint density at radius 1 is 1.43 bits per heavy atom. The van der Waals surface area contributed by atoms with Crippen molar-refractivity contribution in [1.29, 1.82) is 0 Å². The van der Waals surface area contributed by atoms with Crippen molar-refractivity contribution >= 4 is 5.91 Å². The molecule has 1 unspecified atom stereocenters. The Kier molecular flexibility index (Phi) is 5.73. The standard InChI is InChI=1S/C16H24N2O3/c1-13(19)11-17(2)16(20)15-5-3-4-14(10-15)12-18-6-8-21-9-7-18/h3-5,10,13,19H,6-9,11-12H2,1-2H3. The number of amides is 1. The number of rotatable bonds is 5. The van der Waals surface area contributed by atoms with Crippen LogP contribution in [0.15, 0.2) is 24.3 Å². The van der Waals surface area contributed by atoms with Crippen LogP contribution in [0, 0.1) is 0 Å². The summed E-state index contributed by atoms with van der Waals surface area (Å²) in [5.41, 5.74) is 1.80. The molecule has 1 N–H and O–H groups in total. The van der Waals surface area contributed by atoms with E-state index in [1.54, 1.807) is 18.9 Å². The summed E-state index contributed by atoms with van der Waals surface area (Å²) in [4.78, 5) is 16.2. The van der Waals surface area contributed by atoms with Crippen LogP contribution >= 0.6 is 0 Å². The maximum atomic E-state index is 12.3. The maximum Gasteiger partial charge on any atom is 0.253 e. The van der Waals surface area contributed by atoms with E-state index in [-0.39, 0.29) is 5.91 Å². The smallest absolute Gasteiger partial charge is 0.253 e. The molecule has 1 fully saturated rings. The van der Waals surface area contributed by atoms with Crippen LogP contribution in [-0.4, -0.2) is 66.8 Å². The third-order valence-corrected chi connectivity index (χ3v) is 3.57. The molecule has 1 atom stereocenters. The molecule has 0 spiro atoms. The van der Waals surface area contributed by atoms with Gasteiger partial charge in [-0.2, -0.15) is 0 Å². The molecule has 1 amide bonds. The number of nitrogens with zero attached hydrogens (tertiary/aromatic N) is 2. The lowest BCUT2D eigenvalue weighted by Crippen LogP contribution is -2.36. The lowest BCUT2D eigenvalue weighted by atomic mass is 10.1. The molecule has 1 aliphatic heterocycles. The van der Waals surface area contributed by atoms with Crippen LogP contribution in [0.5, 0.6) is 0 Å². The first-order valence-electron chi connectivity index (χ1n) is 7.39. The van der Waals surface area contributed by atoms with Crippen molar-refractivity contribution in [3.63, 3.8) is 0 Å². The fourth-order valence-corrected chi connectivity index (χ4v) is 2.52. The van der Waals surface area contributed by atoms with E-state index in [9.17, 15) is 9.90 Å². The molecular weight excluding hydrogens is 268 g/mol. The highest BCUT2D eigenvalue weighted by atomic mass is 16.5. The quantitative estimate of drug-likeness (QED) is 0.879. The first-order chi connectivity index (χ1) is 10.1. The average Bonchev–Trinajstić information content (AvgIpc) is 2.47. The molecule has 21 heavy (non-hydrogen) atoms. The third kappa shape index (κ3) is 4.81. The lowest BCUT2D eigenvalue weighted by Gasteiger charge is -2.26. The van der Waals surface area contributed by atoms with Crippen molar-refractivity contribution in [3.05, 3.63) is 35.4 Å². The number of ether oxygens (including phenoxy) is 1. The van der Waals surface area contributed by atoms with Gasteiger partial charge in [-0.15, -0.1) is 0 Å². The zero-order chi connectivity index (χ0) is 15.2. The first-order valence-corrected chi connectivity index (χ1v) is 7.39. The van der Waals surface area contributed by atoms with Crippen molar-refractivity contribution < 1.29 is 14.6 Å². The zero-order valence-electron chi connectivity index (χ0n) is 12.8. The molecule has 1 aliphatic rings. The van der Waals surface area contributed by atoms with Crippen LogP contribution in [0.2, 0.25) is 0 Å². The van der Waals surface area contributed by atoms with Crippen LogP contribution in [0.4, 0.5) is 0 Å².